The van der Waals surface area contributed by atoms with Crippen molar-refractivity contribution in [3.8, 4) is 34.5 Å². The predicted molar refractivity (Wildman–Crippen MR) is 309 cm³/mol. The van der Waals surface area contributed by atoms with E-state index in [1.54, 1.807) is 0 Å². The lowest BCUT2D eigenvalue weighted by Gasteiger charge is -2.28. The van der Waals surface area contributed by atoms with Gasteiger partial charge in [-0.25, -0.2) is 4.85 Å². The monoisotopic (exact) mass is 953 g/mol. The number of para-hydroxylation sites is 9. The minimum atomic E-state index is 0.257. The Morgan fingerprint density at radius 2 is 0.547 bits per heavy atom. The lowest BCUT2D eigenvalue weighted by Crippen LogP contribution is -2.15. The number of rotatable bonds is 5. The summed E-state index contributed by atoms with van der Waals surface area (Å²) in [6.07, 6.45) is 0. The first-order valence-electron chi connectivity index (χ1n) is 25.2. The van der Waals surface area contributed by atoms with E-state index in [1.807, 2.05) is 0 Å². The molecule has 0 aliphatic heterocycles. The van der Waals surface area contributed by atoms with Crippen LogP contribution in [0.1, 0.15) is 5.56 Å². The van der Waals surface area contributed by atoms with Gasteiger partial charge in [0.1, 0.15) is 0 Å². The largest absolute Gasteiger partial charge is 0.317 e. The first-order chi connectivity index (χ1) is 37.2. The molecule has 11 aromatic carbocycles. The summed E-state index contributed by atoms with van der Waals surface area (Å²) in [5, 5.41) is 23.0. The van der Waals surface area contributed by atoms with E-state index >= 15 is 0 Å². The molecule has 0 atom stereocenters. The van der Waals surface area contributed by atoms with Crippen molar-refractivity contribution in [1.82, 2.24) is 22.8 Å². The SMILES string of the molecule is [C-]#[N+]c1c(C#N)c(-n2c3ccccc3c3cc4c(cc32)c2ccccc2n4-c2ccccc2)c(-n2c3ccccc3c3ccccc32)c(-n2c3ccccc3c3ccccc32)c1-n1c2ccccc2c2ccccc21. The molecule has 0 aliphatic rings. The van der Waals surface area contributed by atoms with Crippen LogP contribution in [0.3, 0.4) is 0 Å². The highest BCUT2D eigenvalue weighted by Gasteiger charge is 2.35. The third kappa shape index (κ3) is 5.45. The van der Waals surface area contributed by atoms with Crippen LogP contribution in [0.4, 0.5) is 5.69 Å². The zero-order valence-corrected chi connectivity index (χ0v) is 40.1. The Bertz CT molecular complexity index is 5060. The maximum absolute atomic E-state index is 12.3. The average molecular weight is 954 g/mol. The molecule has 0 aliphatic carbocycles. The molecular formula is C68H39N7. The van der Waals surface area contributed by atoms with Gasteiger partial charge in [-0.2, -0.15) is 5.26 Å². The Balaban J connectivity index is 1.22. The minimum Gasteiger partial charge on any atom is -0.317 e. The van der Waals surface area contributed by atoms with Crippen LogP contribution in [0.25, 0.3) is 142 Å². The standard InChI is InChI=1S/C68H39N7/c1-70-64-53(41-69)65(75-61-38-20-12-30-50(61)52-39-62-51(40-63(52)75)49-29-11-13-31-54(49)71(62)42-21-3-2-4-22-42)67(73-57-34-16-7-25-45(57)46-26-8-17-35-58(46)73)68(74-59-36-18-9-27-47(59)48-28-10-19-37-60(48)74)66(64)72-55-32-14-5-23-43(55)44-24-6-15-33-56(44)72/h2-40H. The molecule has 7 nitrogen and oxygen atoms in total. The van der Waals surface area contributed by atoms with Gasteiger partial charge in [-0.15, -0.1) is 0 Å². The number of fused-ring (bicyclic) bond motifs is 15. The molecule has 0 radical (unpaired) electrons. The molecule has 0 saturated heterocycles. The fraction of sp³-hybridized carbons (Fsp3) is 0. The van der Waals surface area contributed by atoms with Gasteiger partial charge >= 0.3 is 0 Å². The molecule has 346 valence electrons. The molecule has 0 N–H and O–H groups in total. The molecule has 0 spiro atoms. The van der Waals surface area contributed by atoms with Crippen LogP contribution in [-0.4, -0.2) is 22.8 Å². The Hall–Kier alpha value is -10.6. The van der Waals surface area contributed by atoms with E-state index in [9.17, 15) is 11.8 Å². The lowest BCUT2D eigenvalue weighted by molar-refractivity contribution is 1.02. The molecule has 0 amide bonds. The van der Waals surface area contributed by atoms with Crippen molar-refractivity contribution < 1.29 is 0 Å². The Kier molecular flexibility index (Phi) is 8.46. The fourth-order valence-corrected chi connectivity index (χ4v) is 12.8. The van der Waals surface area contributed by atoms with E-state index in [2.05, 4.69) is 270 Å². The molecule has 0 unspecified atom stereocenters. The highest BCUT2D eigenvalue weighted by molar-refractivity contribution is 6.21. The second-order valence-electron chi connectivity index (χ2n) is 19.4. The molecule has 7 heteroatoms. The van der Waals surface area contributed by atoms with Gasteiger partial charge in [0.15, 0.2) is 0 Å². The Morgan fingerprint density at radius 1 is 0.280 bits per heavy atom. The average Bonchev–Trinajstić information content (AvgIpc) is 4.27. The summed E-state index contributed by atoms with van der Waals surface area (Å²) in [6, 6.07) is 86.4. The van der Waals surface area contributed by atoms with Crippen LogP contribution in [0.15, 0.2) is 237 Å². The van der Waals surface area contributed by atoms with Gasteiger partial charge in [-0.05, 0) is 72.8 Å². The zero-order chi connectivity index (χ0) is 49.5. The first-order valence-corrected chi connectivity index (χ1v) is 25.2. The van der Waals surface area contributed by atoms with Crippen molar-refractivity contribution in [2.75, 3.05) is 0 Å². The van der Waals surface area contributed by atoms with E-state index in [1.165, 1.54) is 0 Å². The Morgan fingerprint density at radius 3 is 0.893 bits per heavy atom. The molecule has 0 bridgehead atoms. The molecule has 75 heavy (non-hydrogen) atoms. The fourth-order valence-electron chi connectivity index (χ4n) is 12.8. The normalized spacial score (nSPS) is 12.0. The molecule has 0 fully saturated rings. The van der Waals surface area contributed by atoms with E-state index in [-0.39, 0.29) is 11.3 Å². The number of nitrogens with zero attached hydrogens (tertiary/aromatic N) is 7. The summed E-state index contributed by atoms with van der Waals surface area (Å²) < 4.78 is 11.7. The van der Waals surface area contributed by atoms with Crippen molar-refractivity contribution in [3.05, 3.63) is 254 Å². The second kappa shape index (κ2) is 15.5. The molecular weight excluding hydrogens is 915 g/mol. The predicted octanol–water partition coefficient (Wildman–Crippen LogP) is 17.6. The van der Waals surface area contributed by atoms with Crippen LogP contribution >= 0.6 is 0 Å². The van der Waals surface area contributed by atoms with E-state index in [0.717, 1.165) is 126 Å². The maximum Gasteiger partial charge on any atom is 0.232 e. The lowest BCUT2D eigenvalue weighted by atomic mass is 10.0. The van der Waals surface area contributed by atoms with Crippen molar-refractivity contribution >= 4 is 115 Å². The summed E-state index contributed by atoms with van der Waals surface area (Å²) >= 11 is 0. The van der Waals surface area contributed by atoms with Gasteiger partial charge in [0.2, 0.25) is 5.69 Å². The van der Waals surface area contributed by atoms with Crippen molar-refractivity contribution in [2.24, 2.45) is 0 Å². The molecule has 16 aromatic rings. The second-order valence-corrected chi connectivity index (χ2v) is 19.4. The van der Waals surface area contributed by atoms with Crippen LogP contribution in [0.5, 0.6) is 0 Å². The first kappa shape index (κ1) is 41.1. The maximum atomic E-state index is 12.3. The van der Waals surface area contributed by atoms with Crippen molar-refractivity contribution in [3.63, 3.8) is 0 Å². The van der Waals surface area contributed by atoms with Gasteiger partial charge in [0.25, 0.3) is 0 Å². The highest BCUT2D eigenvalue weighted by atomic mass is 15.2. The summed E-state index contributed by atoms with van der Waals surface area (Å²) in [7, 11) is 0. The van der Waals surface area contributed by atoms with Gasteiger partial charge in [-0.1, -0.05) is 164 Å². The number of benzene rings is 11. The summed E-state index contributed by atoms with van der Waals surface area (Å²) in [5.74, 6) is 0. The van der Waals surface area contributed by atoms with Gasteiger partial charge < -0.3 is 22.8 Å². The van der Waals surface area contributed by atoms with Crippen molar-refractivity contribution in [2.45, 2.75) is 0 Å². The molecule has 0 saturated carbocycles. The van der Waals surface area contributed by atoms with Crippen LogP contribution in [0.2, 0.25) is 0 Å². The number of hydrogen-bond acceptors (Lipinski definition) is 1. The minimum absolute atomic E-state index is 0.257. The van der Waals surface area contributed by atoms with E-state index in [4.69, 9.17) is 0 Å². The number of aromatic nitrogens is 5. The molecule has 5 aromatic heterocycles. The van der Waals surface area contributed by atoms with Crippen LogP contribution in [0, 0.1) is 17.9 Å². The van der Waals surface area contributed by atoms with Gasteiger partial charge in [0.05, 0.1) is 96.1 Å². The summed E-state index contributed by atoms with van der Waals surface area (Å²) in [4.78, 5) is 4.61. The number of hydrogen-bond donors (Lipinski definition) is 0. The van der Waals surface area contributed by atoms with Crippen LogP contribution in [-0.2, 0) is 0 Å². The topological polar surface area (TPSA) is 52.8 Å². The highest BCUT2D eigenvalue weighted by Crippen LogP contribution is 2.52. The molecule has 5 heterocycles. The van der Waals surface area contributed by atoms with Gasteiger partial charge in [0, 0.05) is 59.5 Å². The molecule has 16 rings (SSSR count). The smallest absolute Gasteiger partial charge is 0.232 e. The third-order valence-corrected chi connectivity index (χ3v) is 15.7. The van der Waals surface area contributed by atoms with E-state index < -0.39 is 0 Å². The summed E-state index contributed by atoms with van der Waals surface area (Å²) in [5.41, 5.74) is 14.2. The summed E-state index contributed by atoms with van der Waals surface area (Å²) in [6.45, 7) is 9.57. The van der Waals surface area contributed by atoms with Gasteiger partial charge in [-0.3, -0.25) is 0 Å². The zero-order valence-electron chi connectivity index (χ0n) is 40.1. The van der Waals surface area contributed by atoms with Crippen molar-refractivity contribution in [1.29, 1.82) is 5.26 Å². The quantitative estimate of drug-likeness (QED) is 0.159. The number of nitriles is 1. The third-order valence-electron chi connectivity index (χ3n) is 15.7. The van der Waals surface area contributed by atoms with Crippen LogP contribution < -0.4 is 0 Å². The Labute approximate surface area is 428 Å². The van der Waals surface area contributed by atoms with E-state index in [0.29, 0.717) is 11.4 Å².